The molecule has 0 spiro atoms. The Kier molecular flexibility index (Phi) is 2.62. The molecule has 0 unspecified atom stereocenters. The lowest BCUT2D eigenvalue weighted by Gasteiger charge is -2.03. The van der Waals surface area contributed by atoms with Gasteiger partial charge in [-0.15, -0.1) is 0 Å². The largest absolute Gasteiger partial charge is 0.383 e. The maximum absolute atomic E-state index is 12.8. The quantitative estimate of drug-likeness (QED) is 0.797. The lowest BCUT2D eigenvalue weighted by Crippen LogP contribution is -2.10. The minimum absolute atomic E-state index is 0.0825. The molecule has 1 aromatic heterocycles. The van der Waals surface area contributed by atoms with Gasteiger partial charge in [0.05, 0.1) is 5.02 Å². The molecule has 0 amide bonds. The Balaban J connectivity index is 2.63. The fourth-order valence-electron chi connectivity index (χ4n) is 1.29. The van der Waals surface area contributed by atoms with Gasteiger partial charge in [0, 0.05) is 11.6 Å². The van der Waals surface area contributed by atoms with E-state index in [0.717, 1.165) is 12.1 Å². The summed E-state index contributed by atoms with van der Waals surface area (Å²) in [6.07, 6.45) is 0. The molecular formula is C10H7ClFN3O. The van der Waals surface area contributed by atoms with E-state index in [-0.39, 0.29) is 22.2 Å². The standard InChI is InChI=1S/C10H7ClFN3O/c11-7-3-5(12)1-2-6(7)10-14-8(13)4-9(16)15-10/h1-4H,(H3,13,14,15,16). The number of rotatable bonds is 1. The second-order valence-corrected chi connectivity index (χ2v) is 3.55. The Labute approximate surface area is 94.9 Å². The molecule has 16 heavy (non-hydrogen) atoms. The molecule has 0 aliphatic rings. The van der Waals surface area contributed by atoms with Crippen LogP contribution in [0.2, 0.25) is 5.02 Å². The minimum Gasteiger partial charge on any atom is -0.383 e. The lowest BCUT2D eigenvalue weighted by molar-refractivity contribution is 0.628. The maximum Gasteiger partial charge on any atom is 0.253 e. The molecule has 3 N–H and O–H groups in total. The summed E-state index contributed by atoms with van der Waals surface area (Å²) in [6.45, 7) is 0. The van der Waals surface area contributed by atoms with E-state index in [1.54, 1.807) is 0 Å². The van der Waals surface area contributed by atoms with Crippen molar-refractivity contribution < 1.29 is 4.39 Å². The molecule has 0 bridgehead atoms. The molecule has 1 aromatic carbocycles. The van der Waals surface area contributed by atoms with Gasteiger partial charge in [-0.3, -0.25) is 4.79 Å². The summed E-state index contributed by atoms with van der Waals surface area (Å²) in [4.78, 5) is 17.6. The number of benzene rings is 1. The van der Waals surface area contributed by atoms with Gasteiger partial charge in [0.15, 0.2) is 0 Å². The maximum atomic E-state index is 12.8. The fourth-order valence-corrected chi connectivity index (χ4v) is 1.54. The van der Waals surface area contributed by atoms with Gasteiger partial charge < -0.3 is 10.7 Å². The van der Waals surface area contributed by atoms with Crippen molar-refractivity contribution in [3.63, 3.8) is 0 Å². The normalized spacial score (nSPS) is 10.4. The highest BCUT2D eigenvalue weighted by Crippen LogP contribution is 2.25. The molecule has 82 valence electrons. The number of anilines is 1. The van der Waals surface area contributed by atoms with E-state index in [0.29, 0.717) is 5.56 Å². The molecule has 0 aliphatic carbocycles. The van der Waals surface area contributed by atoms with Gasteiger partial charge in [-0.25, -0.2) is 9.37 Å². The zero-order valence-corrected chi connectivity index (χ0v) is 8.75. The second kappa shape index (κ2) is 3.94. The van der Waals surface area contributed by atoms with Gasteiger partial charge in [-0.05, 0) is 18.2 Å². The van der Waals surface area contributed by atoms with E-state index in [1.807, 2.05) is 0 Å². The second-order valence-electron chi connectivity index (χ2n) is 3.14. The molecule has 0 radical (unpaired) electrons. The van der Waals surface area contributed by atoms with E-state index < -0.39 is 5.82 Å². The number of aromatic nitrogens is 2. The predicted octanol–water partition coefficient (Wildman–Crippen LogP) is 1.81. The summed E-state index contributed by atoms with van der Waals surface area (Å²) >= 11 is 5.83. The lowest BCUT2D eigenvalue weighted by atomic mass is 10.2. The van der Waals surface area contributed by atoms with Crippen LogP contribution in [0.25, 0.3) is 11.4 Å². The first-order valence-corrected chi connectivity index (χ1v) is 4.76. The number of nitrogen functional groups attached to an aromatic ring is 1. The summed E-state index contributed by atoms with van der Waals surface area (Å²) < 4.78 is 12.8. The highest BCUT2D eigenvalue weighted by atomic mass is 35.5. The van der Waals surface area contributed by atoms with E-state index in [4.69, 9.17) is 17.3 Å². The van der Waals surface area contributed by atoms with Crippen LogP contribution in [0.3, 0.4) is 0 Å². The summed E-state index contributed by atoms with van der Waals surface area (Å²) in [5.74, 6) is -0.158. The van der Waals surface area contributed by atoms with Crippen molar-refractivity contribution in [1.29, 1.82) is 0 Å². The number of hydrogen-bond donors (Lipinski definition) is 2. The zero-order valence-electron chi connectivity index (χ0n) is 8.00. The van der Waals surface area contributed by atoms with E-state index in [2.05, 4.69) is 9.97 Å². The summed E-state index contributed by atoms with van der Waals surface area (Å²) in [6, 6.07) is 4.95. The van der Waals surface area contributed by atoms with Gasteiger partial charge >= 0.3 is 0 Å². The first-order valence-electron chi connectivity index (χ1n) is 4.38. The Morgan fingerprint density at radius 2 is 2.12 bits per heavy atom. The van der Waals surface area contributed by atoms with Crippen molar-refractivity contribution in [2.24, 2.45) is 0 Å². The molecule has 0 atom stereocenters. The highest BCUT2D eigenvalue weighted by Gasteiger charge is 2.07. The molecule has 0 aliphatic heterocycles. The Morgan fingerprint density at radius 3 is 2.75 bits per heavy atom. The number of aromatic amines is 1. The van der Waals surface area contributed by atoms with Gasteiger partial charge in [-0.2, -0.15) is 0 Å². The van der Waals surface area contributed by atoms with Gasteiger partial charge in [-0.1, -0.05) is 11.6 Å². The smallest absolute Gasteiger partial charge is 0.253 e. The molecule has 0 fully saturated rings. The topological polar surface area (TPSA) is 71.8 Å². The first-order chi connectivity index (χ1) is 7.56. The van der Waals surface area contributed by atoms with Crippen LogP contribution in [0.1, 0.15) is 0 Å². The van der Waals surface area contributed by atoms with Crippen LogP contribution in [0, 0.1) is 5.82 Å². The molecule has 4 nitrogen and oxygen atoms in total. The van der Waals surface area contributed by atoms with Crippen LogP contribution in [0.5, 0.6) is 0 Å². The van der Waals surface area contributed by atoms with Crippen molar-refractivity contribution in [2.75, 3.05) is 5.73 Å². The van der Waals surface area contributed by atoms with Gasteiger partial charge in [0.1, 0.15) is 17.5 Å². The van der Waals surface area contributed by atoms with E-state index in [9.17, 15) is 9.18 Å². The molecular weight excluding hydrogens is 233 g/mol. The van der Waals surface area contributed by atoms with E-state index >= 15 is 0 Å². The Bertz CT molecular complexity index is 597. The number of halogens is 2. The zero-order chi connectivity index (χ0) is 11.7. The van der Waals surface area contributed by atoms with Crippen molar-refractivity contribution in [2.45, 2.75) is 0 Å². The number of nitrogens with one attached hydrogen (secondary N) is 1. The summed E-state index contributed by atoms with van der Waals surface area (Å²) in [5, 5.41) is 0.161. The third kappa shape index (κ3) is 2.04. The van der Waals surface area contributed by atoms with Crippen molar-refractivity contribution in [1.82, 2.24) is 9.97 Å². The number of H-pyrrole nitrogens is 1. The average molecular weight is 240 g/mol. The summed E-state index contributed by atoms with van der Waals surface area (Å²) in [7, 11) is 0. The van der Waals surface area contributed by atoms with Crippen molar-refractivity contribution in [3.8, 4) is 11.4 Å². The van der Waals surface area contributed by atoms with Crippen LogP contribution in [0.15, 0.2) is 29.1 Å². The molecule has 0 saturated heterocycles. The molecule has 2 aromatic rings. The van der Waals surface area contributed by atoms with Gasteiger partial charge in [0.25, 0.3) is 5.56 Å². The number of hydrogen-bond acceptors (Lipinski definition) is 3. The number of nitrogens with two attached hydrogens (primary N) is 1. The van der Waals surface area contributed by atoms with Crippen LogP contribution in [-0.4, -0.2) is 9.97 Å². The molecule has 2 rings (SSSR count). The summed E-state index contributed by atoms with van der Waals surface area (Å²) in [5.41, 5.74) is 5.47. The molecule has 0 saturated carbocycles. The van der Waals surface area contributed by atoms with Crippen LogP contribution < -0.4 is 11.3 Å². The SMILES string of the molecule is Nc1cc(=O)[nH]c(-c2ccc(F)cc2Cl)n1. The van der Waals surface area contributed by atoms with Crippen LogP contribution >= 0.6 is 11.6 Å². The monoisotopic (exact) mass is 239 g/mol. The van der Waals surface area contributed by atoms with Crippen LogP contribution in [-0.2, 0) is 0 Å². The number of nitrogens with zero attached hydrogens (tertiary/aromatic N) is 1. The van der Waals surface area contributed by atoms with Crippen molar-refractivity contribution >= 4 is 17.4 Å². The fraction of sp³-hybridized carbons (Fsp3) is 0. The average Bonchev–Trinajstić information content (AvgIpc) is 2.15. The van der Waals surface area contributed by atoms with E-state index in [1.165, 1.54) is 12.1 Å². The van der Waals surface area contributed by atoms with Crippen LogP contribution in [0.4, 0.5) is 10.2 Å². The predicted molar refractivity (Wildman–Crippen MR) is 59.7 cm³/mol. The Morgan fingerprint density at radius 1 is 1.38 bits per heavy atom. The van der Waals surface area contributed by atoms with Crippen molar-refractivity contribution in [3.05, 3.63) is 45.5 Å². The highest BCUT2D eigenvalue weighted by molar-refractivity contribution is 6.33. The molecule has 6 heteroatoms. The first kappa shape index (κ1) is 10.6. The Hall–Kier alpha value is -1.88. The third-order valence-electron chi connectivity index (χ3n) is 1.95. The third-order valence-corrected chi connectivity index (χ3v) is 2.26. The van der Waals surface area contributed by atoms with Gasteiger partial charge in [0.2, 0.25) is 0 Å². The minimum atomic E-state index is -0.458. The molecule has 1 heterocycles.